The highest BCUT2D eigenvalue weighted by molar-refractivity contribution is 6.35. The first-order valence-corrected chi connectivity index (χ1v) is 8.34. The molecule has 0 radical (unpaired) electrons. The van der Waals surface area contributed by atoms with Gasteiger partial charge in [-0.25, -0.2) is 9.97 Å². The van der Waals surface area contributed by atoms with Crippen molar-refractivity contribution in [2.24, 2.45) is 0 Å². The Balaban J connectivity index is 1.87. The lowest BCUT2D eigenvalue weighted by Crippen LogP contribution is -2.16. The first-order valence-electron chi connectivity index (χ1n) is 7.96. The van der Waals surface area contributed by atoms with E-state index in [0.717, 1.165) is 10.8 Å². The van der Waals surface area contributed by atoms with Crippen molar-refractivity contribution < 1.29 is 9.84 Å². The number of hydrogen-bond acceptors (Lipinski definition) is 7. The third kappa shape index (κ3) is 3.99. The van der Waals surface area contributed by atoms with Gasteiger partial charge in [0.1, 0.15) is 11.9 Å². The van der Waals surface area contributed by atoms with Crippen molar-refractivity contribution in [1.29, 1.82) is 5.26 Å². The molecule has 0 bridgehead atoms. The molecule has 0 amide bonds. The van der Waals surface area contributed by atoms with Crippen molar-refractivity contribution in [3.8, 4) is 11.9 Å². The van der Waals surface area contributed by atoms with Gasteiger partial charge in [-0.2, -0.15) is 10.2 Å². The molecule has 2 aromatic heterocycles. The zero-order valence-corrected chi connectivity index (χ0v) is 14.7. The summed E-state index contributed by atoms with van der Waals surface area (Å²) in [5, 5.41) is 23.6. The highest BCUT2D eigenvalue weighted by Gasteiger charge is 2.13. The van der Waals surface area contributed by atoms with E-state index in [1.807, 2.05) is 30.3 Å². The van der Waals surface area contributed by atoms with E-state index in [-0.39, 0.29) is 24.3 Å². The molecule has 0 saturated carbocycles. The van der Waals surface area contributed by atoms with Crippen molar-refractivity contribution in [2.45, 2.75) is 19.4 Å². The average molecular weight is 370 g/mol. The minimum atomic E-state index is -0.294. The Labute approximate surface area is 155 Å². The number of nitrogens with zero attached hydrogens (tertiary/aromatic N) is 4. The normalized spacial score (nSPS) is 11.8. The molecular weight excluding hydrogens is 354 g/mol. The molecule has 0 aliphatic heterocycles. The number of aliphatic hydroxyl groups excluding tert-OH is 1. The van der Waals surface area contributed by atoms with Gasteiger partial charge < -0.3 is 15.2 Å². The van der Waals surface area contributed by atoms with E-state index < -0.39 is 0 Å². The molecule has 2 heterocycles. The number of nitrogens with one attached hydrogen (secondary N) is 1. The van der Waals surface area contributed by atoms with Gasteiger partial charge in [-0.3, -0.25) is 0 Å². The van der Waals surface area contributed by atoms with Crippen molar-refractivity contribution in [2.75, 3.05) is 11.9 Å². The van der Waals surface area contributed by atoms with E-state index in [1.54, 1.807) is 13.1 Å². The van der Waals surface area contributed by atoms with Crippen LogP contribution in [0.15, 0.2) is 36.7 Å². The maximum Gasteiger partial charge on any atom is 0.253 e. The number of fused-ring (bicyclic) bond motifs is 1. The van der Waals surface area contributed by atoms with Crippen LogP contribution in [-0.4, -0.2) is 32.8 Å². The van der Waals surface area contributed by atoms with Gasteiger partial charge in [0.15, 0.2) is 5.82 Å². The van der Waals surface area contributed by atoms with Crippen LogP contribution in [0, 0.1) is 11.3 Å². The number of hydrogen-bond donors (Lipinski definition) is 2. The fourth-order valence-corrected chi connectivity index (χ4v) is 2.59. The van der Waals surface area contributed by atoms with Crippen molar-refractivity contribution in [1.82, 2.24) is 15.0 Å². The van der Waals surface area contributed by atoms with Crippen LogP contribution < -0.4 is 10.1 Å². The number of pyridine rings is 1. The quantitative estimate of drug-likeness (QED) is 0.685. The SMILES string of the molecule is C[C@H](CCO)Oc1nc(Nc2cc3cccc(Cl)c3cn2)cnc1C#N. The number of benzene rings is 1. The lowest BCUT2D eigenvalue weighted by molar-refractivity contribution is 0.162. The van der Waals surface area contributed by atoms with E-state index in [0.29, 0.717) is 23.1 Å². The van der Waals surface area contributed by atoms with Gasteiger partial charge >= 0.3 is 0 Å². The predicted molar refractivity (Wildman–Crippen MR) is 98.6 cm³/mol. The molecular formula is C18H16ClN5O2. The molecule has 2 N–H and O–H groups in total. The van der Waals surface area contributed by atoms with E-state index in [4.69, 9.17) is 26.7 Å². The van der Waals surface area contributed by atoms with Crippen LogP contribution >= 0.6 is 11.6 Å². The molecule has 7 nitrogen and oxygen atoms in total. The predicted octanol–water partition coefficient (Wildman–Crippen LogP) is 3.44. The second-order valence-corrected chi connectivity index (χ2v) is 6.02. The summed E-state index contributed by atoms with van der Waals surface area (Å²) in [5.41, 5.74) is 0.0820. The second-order valence-electron chi connectivity index (χ2n) is 5.62. The number of anilines is 2. The molecule has 8 heteroatoms. The summed E-state index contributed by atoms with van der Waals surface area (Å²) in [7, 11) is 0. The number of ether oxygens (including phenoxy) is 1. The Bertz CT molecular complexity index is 973. The second kappa shape index (κ2) is 7.95. The van der Waals surface area contributed by atoms with Crippen LogP contribution in [0.2, 0.25) is 5.02 Å². The lowest BCUT2D eigenvalue weighted by Gasteiger charge is -2.14. The summed E-state index contributed by atoms with van der Waals surface area (Å²) in [6.45, 7) is 1.77. The Hall–Kier alpha value is -2.95. The summed E-state index contributed by atoms with van der Waals surface area (Å²) in [6.07, 6.45) is 3.25. The van der Waals surface area contributed by atoms with Crippen LogP contribution in [0.3, 0.4) is 0 Å². The first-order chi connectivity index (χ1) is 12.6. The van der Waals surface area contributed by atoms with Crippen molar-refractivity contribution >= 4 is 34.0 Å². The maximum atomic E-state index is 9.16. The van der Waals surface area contributed by atoms with E-state index in [2.05, 4.69) is 20.3 Å². The number of halogens is 1. The number of aromatic nitrogens is 3. The molecule has 1 aromatic carbocycles. The fourth-order valence-electron chi connectivity index (χ4n) is 2.36. The van der Waals surface area contributed by atoms with Gasteiger partial charge in [-0.05, 0) is 24.4 Å². The first kappa shape index (κ1) is 17.9. The molecule has 1 atom stereocenters. The van der Waals surface area contributed by atoms with Gasteiger partial charge in [-0.15, -0.1) is 0 Å². The molecule has 132 valence electrons. The minimum absolute atomic E-state index is 0.0159. The van der Waals surface area contributed by atoms with Gasteiger partial charge in [0.2, 0.25) is 5.69 Å². The molecule has 0 spiro atoms. The highest BCUT2D eigenvalue weighted by Crippen LogP contribution is 2.26. The van der Waals surface area contributed by atoms with Crippen LogP contribution in [0.5, 0.6) is 5.88 Å². The molecule has 0 unspecified atom stereocenters. The van der Waals surface area contributed by atoms with Crippen LogP contribution in [0.1, 0.15) is 19.0 Å². The summed E-state index contributed by atoms with van der Waals surface area (Å²) < 4.78 is 5.61. The zero-order valence-electron chi connectivity index (χ0n) is 14.0. The highest BCUT2D eigenvalue weighted by atomic mass is 35.5. The number of rotatable bonds is 6. The molecule has 0 fully saturated rings. The topological polar surface area (TPSA) is 104 Å². The smallest absolute Gasteiger partial charge is 0.253 e. The molecule has 0 aliphatic rings. The molecule has 3 aromatic rings. The molecule has 3 rings (SSSR count). The van der Waals surface area contributed by atoms with Crippen molar-refractivity contribution in [3.05, 3.63) is 47.4 Å². The Kier molecular flexibility index (Phi) is 5.46. The largest absolute Gasteiger partial charge is 0.472 e. The number of aliphatic hydroxyl groups is 1. The summed E-state index contributed by atoms with van der Waals surface area (Å²) in [6, 6.07) is 9.40. The fraction of sp³-hybridized carbons (Fsp3) is 0.222. The van der Waals surface area contributed by atoms with Gasteiger partial charge in [0, 0.05) is 29.6 Å². The van der Waals surface area contributed by atoms with E-state index in [1.165, 1.54) is 6.20 Å². The molecule has 0 saturated heterocycles. The zero-order chi connectivity index (χ0) is 18.5. The van der Waals surface area contributed by atoms with Crippen molar-refractivity contribution in [3.63, 3.8) is 0 Å². The van der Waals surface area contributed by atoms with Crippen LogP contribution in [-0.2, 0) is 0 Å². The summed E-state index contributed by atoms with van der Waals surface area (Å²) in [5.74, 6) is 1.07. The third-order valence-electron chi connectivity index (χ3n) is 3.66. The monoisotopic (exact) mass is 369 g/mol. The van der Waals surface area contributed by atoms with Crippen LogP contribution in [0.25, 0.3) is 10.8 Å². The maximum absolute atomic E-state index is 9.16. The average Bonchev–Trinajstić information content (AvgIpc) is 2.62. The molecule has 0 aliphatic carbocycles. The van der Waals surface area contributed by atoms with Gasteiger partial charge in [0.25, 0.3) is 5.88 Å². The van der Waals surface area contributed by atoms with E-state index in [9.17, 15) is 0 Å². The summed E-state index contributed by atoms with van der Waals surface area (Å²) in [4.78, 5) is 12.7. The van der Waals surface area contributed by atoms with Gasteiger partial charge in [0.05, 0.1) is 12.3 Å². The standard InChI is InChI=1S/C18H16ClN5O2/c1-11(5-6-25)26-18-15(8-20)21-10-17(24-18)23-16-7-12-3-2-4-14(19)13(12)9-22-16/h2-4,7,9-11,25H,5-6H2,1H3,(H,22,23,24)/t11-/m1/s1. The minimum Gasteiger partial charge on any atom is -0.472 e. The molecule has 26 heavy (non-hydrogen) atoms. The van der Waals surface area contributed by atoms with E-state index >= 15 is 0 Å². The van der Waals surface area contributed by atoms with Gasteiger partial charge in [-0.1, -0.05) is 23.7 Å². The third-order valence-corrected chi connectivity index (χ3v) is 3.99. The Morgan fingerprint density at radius 3 is 2.92 bits per heavy atom. The number of nitriles is 1. The van der Waals surface area contributed by atoms with Crippen LogP contribution in [0.4, 0.5) is 11.6 Å². The Morgan fingerprint density at radius 2 is 2.15 bits per heavy atom. The Morgan fingerprint density at radius 1 is 1.31 bits per heavy atom. The lowest BCUT2D eigenvalue weighted by atomic mass is 10.2. The summed E-state index contributed by atoms with van der Waals surface area (Å²) >= 11 is 6.15.